The van der Waals surface area contributed by atoms with Crippen LogP contribution in [0.4, 0.5) is 0 Å². The van der Waals surface area contributed by atoms with E-state index in [9.17, 15) is 9.59 Å². The van der Waals surface area contributed by atoms with Crippen molar-refractivity contribution in [2.24, 2.45) is 5.73 Å². The molecule has 126 valence electrons. The SMILES string of the molecule is CCCCCCCCCCCCCC(=O)C(N)C(=O)OC.[H-].[Na+]. The molecule has 0 aliphatic rings. The van der Waals surface area contributed by atoms with Crippen LogP contribution in [-0.4, -0.2) is 24.9 Å². The minimum atomic E-state index is -1.10. The number of Topliss-reactive ketones (excluding diaryl/α,β-unsaturated/α-hetero) is 1. The molecule has 0 aliphatic heterocycles. The van der Waals surface area contributed by atoms with E-state index in [0.29, 0.717) is 6.42 Å². The summed E-state index contributed by atoms with van der Waals surface area (Å²) < 4.78 is 4.46. The Morgan fingerprint density at radius 2 is 1.32 bits per heavy atom. The van der Waals surface area contributed by atoms with Crippen LogP contribution in [-0.2, 0) is 14.3 Å². The van der Waals surface area contributed by atoms with Crippen molar-refractivity contribution >= 4 is 11.8 Å². The van der Waals surface area contributed by atoms with E-state index in [1.165, 1.54) is 58.5 Å². The molecule has 1 unspecified atom stereocenters. The number of methoxy groups -OCH3 is 1. The standard InChI is InChI=1S/C17H33NO3.Na.H/c1-3-4-5-6-7-8-9-10-11-12-13-14-15(19)16(18)17(20)21-2;;/h16H,3-14,18H2,1-2H3;;/q;+1;-1. The summed E-state index contributed by atoms with van der Waals surface area (Å²) in [6.07, 6.45) is 14.0. The van der Waals surface area contributed by atoms with Crippen LogP contribution in [0.5, 0.6) is 0 Å². The summed E-state index contributed by atoms with van der Waals surface area (Å²) in [5.74, 6) is -0.846. The third kappa shape index (κ3) is 13.7. The normalized spacial score (nSPS) is 11.6. The van der Waals surface area contributed by atoms with Crippen LogP contribution in [0.1, 0.15) is 85.4 Å². The molecule has 1 atom stereocenters. The summed E-state index contributed by atoms with van der Waals surface area (Å²) in [6, 6.07) is -1.10. The third-order valence-corrected chi connectivity index (χ3v) is 3.83. The molecule has 0 spiro atoms. The van der Waals surface area contributed by atoms with Crippen molar-refractivity contribution in [3.05, 3.63) is 0 Å². The molecule has 0 aromatic carbocycles. The first kappa shape index (κ1) is 24.4. The van der Waals surface area contributed by atoms with Gasteiger partial charge in [-0.1, -0.05) is 71.1 Å². The number of nitrogens with two attached hydrogens (primary N) is 1. The number of rotatable bonds is 14. The average molecular weight is 323 g/mol. The first-order valence-corrected chi connectivity index (χ1v) is 8.49. The van der Waals surface area contributed by atoms with Gasteiger partial charge in [-0.25, -0.2) is 4.79 Å². The maximum Gasteiger partial charge on any atom is 1.00 e. The molecule has 0 aromatic rings. The zero-order valence-corrected chi connectivity index (χ0v) is 16.9. The molecule has 0 aliphatic carbocycles. The molecule has 0 amide bonds. The summed E-state index contributed by atoms with van der Waals surface area (Å²) in [6.45, 7) is 2.24. The molecule has 5 heteroatoms. The number of unbranched alkanes of at least 4 members (excludes halogenated alkanes) is 10. The molecular weight excluding hydrogens is 289 g/mol. The van der Waals surface area contributed by atoms with Gasteiger partial charge in [0.1, 0.15) is 0 Å². The van der Waals surface area contributed by atoms with Crippen molar-refractivity contribution in [3.8, 4) is 0 Å². The van der Waals surface area contributed by atoms with Crippen molar-refractivity contribution in [2.75, 3.05) is 7.11 Å². The fourth-order valence-electron chi connectivity index (χ4n) is 2.38. The summed E-state index contributed by atoms with van der Waals surface area (Å²) in [5.41, 5.74) is 5.48. The second-order valence-electron chi connectivity index (χ2n) is 5.75. The molecule has 0 radical (unpaired) electrons. The topological polar surface area (TPSA) is 69.4 Å². The van der Waals surface area contributed by atoms with Crippen LogP contribution in [0.25, 0.3) is 0 Å². The van der Waals surface area contributed by atoms with Crippen LogP contribution < -0.4 is 35.3 Å². The zero-order chi connectivity index (χ0) is 15.9. The van der Waals surface area contributed by atoms with E-state index in [-0.39, 0.29) is 36.8 Å². The van der Waals surface area contributed by atoms with Gasteiger partial charge in [0.15, 0.2) is 11.8 Å². The van der Waals surface area contributed by atoms with E-state index in [1.807, 2.05) is 0 Å². The van der Waals surface area contributed by atoms with Crippen molar-refractivity contribution in [2.45, 2.75) is 90.0 Å². The van der Waals surface area contributed by atoms with Gasteiger partial charge in [-0.3, -0.25) is 4.79 Å². The minimum absolute atomic E-state index is 0. The molecule has 2 N–H and O–H groups in total. The Balaban J connectivity index is -0.00000200. The van der Waals surface area contributed by atoms with Crippen molar-refractivity contribution in [3.63, 3.8) is 0 Å². The van der Waals surface area contributed by atoms with Crippen LogP contribution in [0, 0.1) is 0 Å². The molecule has 0 saturated heterocycles. The van der Waals surface area contributed by atoms with E-state index in [1.54, 1.807) is 0 Å². The van der Waals surface area contributed by atoms with E-state index in [0.717, 1.165) is 19.3 Å². The number of ketones is 1. The summed E-state index contributed by atoms with van der Waals surface area (Å²) in [7, 11) is 1.25. The Morgan fingerprint density at radius 1 is 0.909 bits per heavy atom. The summed E-state index contributed by atoms with van der Waals surface area (Å²) in [5, 5.41) is 0. The fourth-order valence-corrected chi connectivity index (χ4v) is 2.38. The van der Waals surface area contributed by atoms with Gasteiger partial charge < -0.3 is 11.9 Å². The predicted molar refractivity (Wildman–Crippen MR) is 87.2 cm³/mol. The number of hydrogen-bond acceptors (Lipinski definition) is 4. The quantitative estimate of drug-likeness (QED) is 0.223. The predicted octanol–water partition coefficient (Wildman–Crippen LogP) is 0.873. The molecular formula is C17H34NNaO3. The van der Waals surface area contributed by atoms with E-state index in [4.69, 9.17) is 5.73 Å². The Hall–Kier alpha value is 0.100. The maximum atomic E-state index is 11.6. The van der Waals surface area contributed by atoms with Gasteiger partial charge in [0, 0.05) is 6.42 Å². The monoisotopic (exact) mass is 323 g/mol. The van der Waals surface area contributed by atoms with Crippen molar-refractivity contribution in [1.29, 1.82) is 0 Å². The van der Waals surface area contributed by atoms with Crippen LogP contribution in [0.3, 0.4) is 0 Å². The average Bonchev–Trinajstić information content (AvgIpc) is 2.50. The molecule has 0 heterocycles. The van der Waals surface area contributed by atoms with Crippen LogP contribution >= 0.6 is 0 Å². The van der Waals surface area contributed by atoms with Crippen LogP contribution in [0.15, 0.2) is 0 Å². The molecule has 0 rings (SSSR count). The minimum Gasteiger partial charge on any atom is -1.00 e. The van der Waals surface area contributed by atoms with E-state index >= 15 is 0 Å². The van der Waals surface area contributed by atoms with Gasteiger partial charge in [0.05, 0.1) is 7.11 Å². The van der Waals surface area contributed by atoms with Crippen LogP contribution in [0.2, 0.25) is 0 Å². The second kappa shape index (κ2) is 17.5. The van der Waals surface area contributed by atoms with Gasteiger partial charge in [0.2, 0.25) is 0 Å². The van der Waals surface area contributed by atoms with Gasteiger partial charge in [0.25, 0.3) is 0 Å². The Kier molecular flexibility index (Phi) is 19.3. The maximum absolute atomic E-state index is 11.6. The first-order chi connectivity index (χ1) is 10.1. The Bertz CT molecular complexity index is 291. The molecule has 0 saturated carbocycles. The number of carbonyl (C=O) groups excluding carboxylic acids is 2. The van der Waals surface area contributed by atoms with Gasteiger partial charge >= 0.3 is 35.5 Å². The molecule has 22 heavy (non-hydrogen) atoms. The smallest absolute Gasteiger partial charge is 1.00 e. The molecule has 4 nitrogen and oxygen atoms in total. The second-order valence-corrected chi connectivity index (χ2v) is 5.75. The van der Waals surface area contributed by atoms with Gasteiger partial charge in [-0.05, 0) is 6.42 Å². The molecule has 0 aromatic heterocycles. The number of ether oxygens (including phenoxy) is 1. The first-order valence-electron chi connectivity index (χ1n) is 8.49. The van der Waals surface area contributed by atoms with E-state index < -0.39 is 12.0 Å². The summed E-state index contributed by atoms with van der Waals surface area (Å²) >= 11 is 0. The van der Waals surface area contributed by atoms with Gasteiger partial charge in [-0.15, -0.1) is 0 Å². The largest absolute Gasteiger partial charge is 1.00 e. The Labute approximate surface area is 159 Å². The molecule has 0 bridgehead atoms. The van der Waals surface area contributed by atoms with E-state index in [2.05, 4.69) is 11.7 Å². The third-order valence-electron chi connectivity index (χ3n) is 3.83. The molecule has 0 fully saturated rings. The Morgan fingerprint density at radius 3 is 1.73 bits per heavy atom. The van der Waals surface area contributed by atoms with Crippen molar-refractivity contribution in [1.82, 2.24) is 0 Å². The number of hydrogen-bond donors (Lipinski definition) is 1. The number of carbonyl (C=O) groups is 2. The summed E-state index contributed by atoms with van der Waals surface area (Å²) in [4.78, 5) is 22.7. The van der Waals surface area contributed by atoms with Crippen molar-refractivity contribution < 1.29 is 45.3 Å². The fraction of sp³-hybridized carbons (Fsp3) is 0.882. The van der Waals surface area contributed by atoms with Gasteiger partial charge in [-0.2, -0.15) is 0 Å². The number of esters is 1. The zero-order valence-electron chi connectivity index (χ0n) is 15.9.